The van der Waals surface area contributed by atoms with Gasteiger partial charge in [0.05, 0.1) is 12.2 Å². The zero-order valence-corrected chi connectivity index (χ0v) is 10.8. The standard InChI is InChI=1S/C12H18N4O3/c1-8-4-13-5-9(8)11(17)14-2-3-16-6-10(12(18)19)15-7-16/h6-9,13H,2-5H2,1H3,(H,14,17)(H,18,19). The lowest BCUT2D eigenvalue weighted by atomic mass is 9.97. The number of aromatic carboxylic acids is 1. The molecule has 1 aliphatic rings. The van der Waals surface area contributed by atoms with E-state index in [9.17, 15) is 9.59 Å². The van der Waals surface area contributed by atoms with Gasteiger partial charge in [-0.25, -0.2) is 9.78 Å². The van der Waals surface area contributed by atoms with Crippen LogP contribution in [0.15, 0.2) is 12.5 Å². The summed E-state index contributed by atoms with van der Waals surface area (Å²) in [7, 11) is 0. The quantitative estimate of drug-likeness (QED) is 0.671. The number of carboxylic acids is 1. The van der Waals surface area contributed by atoms with Gasteiger partial charge in [-0.2, -0.15) is 0 Å². The summed E-state index contributed by atoms with van der Waals surface area (Å²) in [5.41, 5.74) is 0.0138. The molecule has 0 bridgehead atoms. The highest BCUT2D eigenvalue weighted by atomic mass is 16.4. The Labute approximate surface area is 111 Å². The molecule has 1 saturated heterocycles. The predicted octanol–water partition coefficient (Wildman–Crippen LogP) is -0.447. The van der Waals surface area contributed by atoms with Crippen LogP contribution in [0.1, 0.15) is 17.4 Å². The Hall–Kier alpha value is -1.89. The molecule has 0 aliphatic carbocycles. The number of carbonyl (C=O) groups excluding carboxylic acids is 1. The third-order valence-corrected chi connectivity index (χ3v) is 3.38. The zero-order valence-electron chi connectivity index (χ0n) is 10.8. The van der Waals surface area contributed by atoms with Crippen LogP contribution in [0.25, 0.3) is 0 Å². The first kappa shape index (κ1) is 13.5. The summed E-state index contributed by atoms with van der Waals surface area (Å²) in [6, 6.07) is 0. The third-order valence-electron chi connectivity index (χ3n) is 3.38. The number of amides is 1. The summed E-state index contributed by atoms with van der Waals surface area (Å²) in [4.78, 5) is 26.3. The molecule has 3 N–H and O–H groups in total. The summed E-state index contributed by atoms with van der Waals surface area (Å²) in [6.07, 6.45) is 2.91. The van der Waals surface area contributed by atoms with Crippen LogP contribution in [0, 0.1) is 11.8 Å². The van der Waals surface area contributed by atoms with E-state index in [2.05, 4.69) is 22.5 Å². The molecule has 1 aromatic rings. The van der Waals surface area contributed by atoms with Crippen molar-refractivity contribution >= 4 is 11.9 Å². The summed E-state index contributed by atoms with van der Waals surface area (Å²) >= 11 is 0. The van der Waals surface area contributed by atoms with Crippen molar-refractivity contribution in [1.82, 2.24) is 20.2 Å². The van der Waals surface area contributed by atoms with Crippen molar-refractivity contribution in [3.63, 3.8) is 0 Å². The molecular weight excluding hydrogens is 248 g/mol. The van der Waals surface area contributed by atoms with Crippen LogP contribution in [0.3, 0.4) is 0 Å². The molecule has 0 radical (unpaired) electrons. The Morgan fingerprint density at radius 2 is 2.37 bits per heavy atom. The highest BCUT2D eigenvalue weighted by Gasteiger charge is 2.28. The molecule has 2 heterocycles. The van der Waals surface area contributed by atoms with Crippen molar-refractivity contribution in [2.24, 2.45) is 11.8 Å². The Bertz CT molecular complexity index is 471. The maximum absolute atomic E-state index is 11.9. The van der Waals surface area contributed by atoms with Crippen molar-refractivity contribution in [2.45, 2.75) is 13.5 Å². The summed E-state index contributed by atoms with van der Waals surface area (Å²) in [6.45, 7) is 4.64. The van der Waals surface area contributed by atoms with E-state index in [0.717, 1.165) is 13.1 Å². The number of nitrogens with one attached hydrogen (secondary N) is 2. The Kier molecular flexibility index (Phi) is 4.16. The lowest BCUT2D eigenvalue weighted by molar-refractivity contribution is -0.125. The van der Waals surface area contributed by atoms with E-state index >= 15 is 0 Å². The molecular formula is C12H18N4O3. The maximum Gasteiger partial charge on any atom is 0.356 e. The van der Waals surface area contributed by atoms with Crippen LogP contribution in [0.5, 0.6) is 0 Å². The highest BCUT2D eigenvalue weighted by molar-refractivity contribution is 5.84. The second kappa shape index (κ2) is 5.83. The molecule has 0 aromatic carbocycles. The van der Waals surface area contributed by atoms with Crippen LogP contribution in [-0.4, -0.2) is 46.2 Å². The molecule has 2 atom stereocenters. The topological polar surface area (TPSA) is 96.3 Å². The zero-order chi connectivity index (χ0) is 13.8. The molecule has 2 rings (SSSR count). The van der Waals surface area contributed by atoms with E-state index in [-0.39, 0.29) is 17.5 Å². The summed E-state index contributed by atoms with van der Waals surface area (Å²) < 4.78 is 1.65. The molecule has 1 aliphatic heterocycles. The first-order valence-electron chi connectivity index (χ1n) is 6.31. The normalized spacial score (nSPS) is 22.4. The van der Waals surface area contributed by atoms with Gasteiger partial charge in [0.2, 0.25) is 5.91 Å². The number of hydrogen-bond donors (Lipinski definition) is 3. The lowest BCUT2D eigenvalue weighted by Crippen LogP contribution is -2.36. The predicted molar refractivity (Wildman–Crippen MR) is 67.7 cm³/mol. The van der Waals surface area contributed by atoms with Crippen molar-refractivity contribution in [1.29, 1.82) is 0 Å². The minimum absolute atomic E-state index is 0.0138. The molecule has 104 valence electrons. The smallest absolute Gasteiger partial charge is 0.356 e. The molecule has 1 fully saturated rings. The molecule has 1 amide bonds. The average Bonchev–Trinajstić information content (AvgIpc) is 2.97. The van der Waals surface area contributed by atoms with Crippen molar-refractivity contribution in [3.8, 4) is 0 Å². The number of aromatic nitrogens is 2. The molecule has 7 nitrogen and oxygen atoms in total. The van der Waals surface area contributed by atoms with Gasteiger partial charge < -0.3 is 20.3 Å². The second-order valence-corrected chi connectivity index (χ2v) is 4.83. The summed E-state index contributed by atoms with van der Waals surface area (Å²) in [5.74, 6) is -0.617. The van der Waals surface area contributed by atoms with Gasteiger partial charge >= 0.3 is 5.97 Å². The second-order valence-electron chi connectivity index (χ2n) is 4.83. The van der Waals surface area contributed by atoms with Crippen LogP contribution in [0.4, 0.5) is 0 Å². The Morgan fingerprint density at radius 3 is 2.95 bits per heavy atom. The Balaban J connectivity index is 1.76. The van der Waals surface area contributed by atoms with E-state index in [1.807, 2.05) is 0 Å². The van der Waals surface area contributed by atoms with Gasteiger partial charge in [0.25, 0.3) is 0 Å². The van der Waals surface area contributed by atoms with Crippen molar-refractivity contribution in [3.05, 3.63) is 18.2 Å². The highest BCUT2D eigenvalue weighted by Crippen LogP contribution is 2.15. The first-order valence-corrected chi connectivity index (χ1v) is 6.31. The number of imidazole rings is 1. The van der Waals surface area contributed by atoms with Gasteiger partial charge in [0, 0.05) is 25.8 Å². The van der Waals surface area contributed by atoms with E-state index in [1.54, 1.807) is 4.57 Å². The average molecular weight is 266 g/mol. The third kappa shape index (κ3) is 3.31. The fraction of sp³-hybridized carbons (Fsp3) is 0.583. The van der Waals surface area contributed by atoms with E-state index < -0.39 is 5.97 Å². The molecule has 0 spiro atoms. The fourth-order valence-corrected chi connectivity index (χ4v) is 2.19. The van der Waals surface area contributed by atoms with Gasteiger partial charge in [0.15, 0.2) is 5.69 Å². The number of carboxylic acid groups (broad SMARTS) is 1. The van der Waals surface area contributed by atoms with E-state index in [4.69, 9.17) is 5.11 Å². The number of nitrogens with zero attached hydrogens (tertiary/aromatic N) is 2. The number of hydrogen-bond acceptors (Lipinski definition) is 4. The molecule has 2 unspecified atom stereocenters. The number of carbonyl (C=O) groups is 2. The lowest BCUT2D eigenvalue weighted by Gasteiger charge is -2.14. The van der Waals surface area contributed by atoms with Crippen LogP contribution < -0.4 is 10.6 Å². The first-order chi connectivity index (χ1) is 9.08. The number of rotatable bonds is 5. The van der Waals surface area contributed by atoms with Gasteiger partial charge in [0.1, 0.15) is 0 Å². The van der Waals surface area contributed by atoms with E-state index in [0.29, 0.717) is 19.0 Å². The van der Waals surface area contributed by atoms with Crippen LogP contribution in [-0.2, 0) is 11.3 Å². The summed E-state index contributed by atoms with van der Waals surface area (Å²) in [5, 5.41) is 14.8. The molecule has 1 aromatic heterocycles. The minimum atomic E-state index is -1.05. The largest absolute Gasteiger partial charge is 0.476 e. The SMILES string of the molecule is CC1CNCC1C(=O)NCCn1cnc(C(=O)O)c1. The van der Waals surface area contributed by atoms with Crippen molar-refractivity contribution in [2.75, 3.05) is 19.6 Å². The molecule has 7 heteroatoms. The minimum Gasteiger partial charge on any atom is -0.476 e. The van der Waals surface area contributed by atoms with Crippen LogP contribution in [0.2, 0.25) is 0 Å². The van der Waals surface area contributed by atoms with Gasteiger partial charge in [-0.15, -0.1) is 0 Å². The molecule has 19 heavy (non-hydrogen) atoms. The Morgan fingerprint density at radius 1 is 1.58 bits per heavy atom. The molecule has 0 saturated carbocycles. The van der Waals surface area contributed by atoms with E-state index in [1.165, 1.54) is 12.5 Å². The van der Waals surface area contributed by atoms with Crippen molar-refractivity contribution < 1.29 is 14.7 Å². The maximum atomic E-state index is 11.9. The fourth-order valence-electron chi connectivity index (χ4n) is 2.19. The van der Waals surface area contributed by atoms with Gasteiger partial charge in [-0.05, 0) is 12.5 Å². The van der Waals surface area contributed by atoms with Gasteiger partial charge in [-0.3, -0.25) is 4.79 Å². The van der Waals surface area contributed by atoms with Crippen LogP contribution >= 0.6 is 0 Å². The van der Waals surface area contributed by atoms with Gasteiger partial charge in [-0.1, -0.05) is 6.92 Å². The monoisotopic (exact) mass is 266 g/mol.